The molecule has 0 radical (unpaired) electrons. The van der Waals surface area contributed by atoms with Crippen LogP contribution >= 0.6 is 0 Å². The van der Waals surface area contributed by atoms with Gasteiger partial charge >= 0.3 is 11.9 Å². The molecule has 0 aliphatic rings. The van der Waals surface area contributed by atoms with E-state index in [4.69, 9.17) is 18.9 Å². The molecule has 0 spiro atoms. The van der Waals surface area contributed by atoms with Crippen LogP contribution in [0.1, 0.15) is 41.5 Å². The number of esters is 2. The number of benzene rings is 2. The standard InChI is InChI=1S/C26H28O6/c1-15(2)25(27)31-19(7)17(5)29-23-13-14-24(22-12-10-9-11-21(22)23)30-18(6)20(8)32-26(28)16(3)4/h9-14H,1,3H2,2,4-8H3/b19-17+,20-18+. The molecule has 0 heterocycles. The summed E-state index contributed by atoms with van der Waals surface area (Å²) >= 11 is 0. The predicted molar refractivity (Wildman–Crippen MR) is 124 cm³/mol. The second-order valence-corrected chi connectivity index (χ2v) is 7.38. The third-order valence-electron chi connectivity index (χ3n) is 4.55. The third-order valence-corrected chi connectivity index (χ3v) is 4.55. The molecule has 2 rings (SSSR count). The summed E-state index contributed by atoms with van der Waals surface area (Å²) in [7, 11) is 0. The van der Waals surface area contributed by atoms with Gasteiger partial charge in [0, 0.05) is 21.9 Å². The predicted octanol–water partition coefficient (Wildman–Crippen LogP) is 6.34. The molecular weight excluding hydrogens is 408 g/mol. The van der Waals surface area contributed by atoms with Crippen molar-refractivity contribution in [3.05, 3.63) is 83.7 Å². The second-order valence-electron chi connectivity index (χ2n) is 7.38. The summed E-state index contributed by atoms with van der Waals surface area (Å²) in [4.78, 5) is 23.5. The van der Waals surface area contributed by atoms with Crippen molar-refractivity contribution in [1.82, 2.24) is 0 Å². The normalized spacial score (nSPS) is 12.3. The molecule has 0 aliphatic carbocycles. The maximum Gasteiger partial charge on any atom is 0.338 e. The average molecular weight is 437 g/mol. The van der Waals surface area contributed by atoms with E-state index in [1.54, 1.807) is 53.7 Å². The molecule has 2 aromatic rings. The van der Waals surface area contributed by atoms with Crippen LogP contribution in [-0.2, 0) is 19.1 Å². The van der Waals surface area contributed by atoms with E-state index < -0.39 is 11.9 Å². The van der Waals surface area contributed by atoms with Gasteiger partial charge in [-0.05, 0) is 53.7 Å². The minimum Gasteiger partial charge on any atom is -0.458 e. The van der Waals surface area contributed by atoms with Crippen LogP contribution < -0.4 is 9.47 Å². The molecule has 32 heavy (non-hydrogen) atoms. The van der Waals surface area contributed by atoms with E-state index in [2.05, 4.69) is 13.2 Å². The van der Waals surface area contributed by atoms with Crippen molar-refractivity contribution in [3.8, 4) is 11.5 Å². The van der Waals surface area contributed by atoms with Crippen molar-refractivity contribution in [2.75, 3.05) is 0 Å². The highest BCUT2D eigenvalue weighted by molar-refractivity contribution is 5.93. The fourth-order valence-corrected chi connectivity index (χ4v) is 2.49. The number of hydrogen-bond donors (Lipinski definition) is 0. The van der Waals surface area contributed by atoms with Crippen LogP contribution in [0.15, 0.2) is 83.7 Å². The zero-order chi connectivity index (χ0) is 24.0. The zero-order valence-electron chi connectivity index (χ0n) is 19.3. The quantitative estimate of drug-likeness (QED) is 0.273. The van der Waals surface area contributed by atoms with Gasteiger partial charge in [0.25, 0.3) is 0 Å². The largest absolute Gasteiger partial charge is 0.458 e. The van der Waals surface area contributed by atoms with Gasteiger partial charge < -0.3 is 18.9 Å². The SMILES string of the molecule is C=C(C)C(=O)O/C(C)=C(\C)Oc1ccc(O/C(C)=C(\C)OC(=O)C(=C)C)c2ccccc12. The number of rotatable bonds is 8. The van der Waals surface area contributed by atoms with E-state index in [-0.39, 0.29) is 0 Å². The van der Waals surface area contributed by atoms with Gasteiger partial charge in [-0.2, -0.15) is 0 Å². The lowest BCUT2D eigenvalue weighted by atomic mass is 10.1. The van der Waals surface area contributed by atoms with Crippen molar-refractivity contribution in [3.63, 3.8) is 0 Å². The molecule has 2 aromatic carbocycles. The number of carbonyl (C=O) groups is 2. The Kier molecular flexibility index (Phi) is 8.02. The average Bonchev–Trinajstić information content (AvgIpc) is 2.74. The van der Waals surface area contributed by atoms with Gasteiger partial charge in [0.1, 0.15) is 34.5 Å². The first kappa shape index (κ1) is 24.5. The van der Waals surface area contributed by atoms with Gasteiger partial charge in [0.15, 0.2) is 0 Å². The fraction of sp³-hybridized carbons (Fsp3) is 0.231. The number of hydrogen-bond acceptors (Lipinski definition) is 6. The van der Waals surface area contributed by atoms with Crippen LogP contribution in [0.5, 0.6) is 11.5 Å². The molecule has 0 saturated carbocycles. The molecule has 0 atom stereocenters. The Balaban J connectivity index is 2.35. The number of ether oxygens (including phenoxy) is 4. The second kappa shape index (κ2) is 10.5. The molecule has 0 aromatic heterocycles. The molecular formula is C26H28O6. The summed E-state index contributed by atoms with van der Waals surface area (Å²) in [5.74, 6) is 1.70. The maximum atomic E-state index is 11.8. The molecule has 0 N–H and O–H groups in total. The lowest BCUT2D eigenvalue weighted by Crippen LogP contribution is -2.07. The van der Waals surface area contributed by atoms with Crippen LogP contribution in [-0.4, -0.2) is 11.9 Å². The van der Waals surface area contributed by atoms with Crippen LogP contribution in [0.2, 0.25) is 0 Å². The molecule has 168 valence electrons. The third kappa shape index (κ3) is 6.11. The highest BCUT2D eigenvalue weighted by Gasteiger charge is 2.14. The molecule has 6 nitrogen and oxygen atoms in total. The zero-order valence-corrected chi connectivity index (χ0v) is 19.3. The molecule has 0 fully saturated rings. The Hall–Kier alpha value is -3.80. The molecule has 0 bridgehead atoms. The fourth-order valence-electron chi connectivity index (χ4n) is 2.49. The number of fused-ring (bicyclic) bond motifs is 1. The van der Waals surface area contributed by atoms with Gasteiger partial charge in [-0.15, -0.1) is 0 Å². The molecule has 0 unspecified atom stereocenters. The van der Waals surface area contributed by atoms with Crippen molar-refractivity contribution < 1.29 is 28.5 Å². The van der Waals surface area contributed by atoms with E-state index in [0.717, 1.165) is 10.8 Å². The monoisotopic (exact) mass is 436 g/mol. The number of carbonyl (C=O) groups excluding carboxylic acids is 2. The van der Waals surface area contributed by atoms with E-state index in [0.29, 0.717) is 45.7 Å². The van der Waals surface area contributed by atoms with E-state index >= 15 is 0 Å². The van der Waals surface area contributed by atoms with Crippen LogP contribution in [0.25, 0.3) is 10.8 Å². The minimum atomic E-state index is -0.510. The smallest absolute Gasteiger partial charge is 0.338 e. The first-order valence-corrected chi connectivity index (χ1v) is 9.99. The molecule has 0 amide bonds. The Bertz CT molecular complexity index is 1060. The lowest BCUT2D eigenvalue weighted by Gasteiger charge is -2.16. The summed E-state index contributed by atoms with van der Waals surface area (Å²) < 4.78 is 22.5. The van der Waals surface area contributed by atoms with Crippen LogP contribution in [0, 0.1) is 0 Å². The van der Waals surface area contributed by atoms with Gasteiger partial charge in [-0.3, -0.25) is 0 Å². The summed E-state index contributed by atoms with van der Waals surface area (Å²) in [6.45, 7) is 17.0. The molecule has 0 aliphatic heterocycles. The summed E-state index contributed by atoms with van der Waals surface area (Å²) in [6.07, 6.45) is 0. The Labute approximate surface area is 188 Å². The van der Waals surface area contributed by atoms with Crippen molar-refractivity contribution >= 4 is 22.7 Å². The highest BCUT2D eigenvalue weighted by Crippen LogP contribution is 2.35. The highest BCUT2D eigenvalue weighted by atomic mass is 16.6. The molecule has 0 saturated heterocycles. The van der Waals surface area contributed by atoms with E-state index in [1.165, 1.54) is 0 Å². The first-order chi connectivity index (χ1) is 15.0. The van der Waals surface area contributed by atoms with E-state index in [9.17, 15) is 9.59 Å². The van der Waals surface area contributed by atoms with Crippen LogP contribution in [0.4, 0.5) is 0 Å². The Morgan fingerprint density at radius 3 is 1.25 bits per heavy atom. The Morgan fingerprint density at radius 2 is 0.938 bits per heavy atom. The maximum absolute atomic E-state index is 11.8. The summed E-state index contributed by atoms with van der Waals surface area (Å²) in [5, 5.41) is 1.60. The van der Waals surface area contributed by atoms with Gasteiger partial charge in [-0.25, -0.2) is 9.59 Å². The van der Waals surface area contributed by atoms with Crippen LogP contribution in [0.3, 0.4) is 0 Å². The van der Waals surface area contributed by atoms with Gasteiger partial charge in [-0.1, -0.05) is 37.4 Å². The lowest BCUT2D eigenvalue weighted by molar-refractivity contribution is -0.136. The van der Waals surface area contributed by atoms with Crippen molar-refractivity contribution in [2.45, 2.75) is 41.5 Å². The van der Waals surface area contributed by atoms with Crippen molar-refractivity contribution in [2.24, 2.45) is 0 Å². The van der Waals surface area contributed by atoms with Crippen molar-refractivity contribution in [1.29, 1.82) is 0 Å². The Morgan fingerprint density at radius 1 is 0.594 bits per heavy atom. The minimum absolute atomic E-state index is 0.303. The van der Waals surface area contributed by atoms with E-state index in [1.807, 2.05) is 24.3 Å². The number of allylic oxidation sites excluding steroid dienone is 4. The summed E-state index contributed by atoms with van der Waals surface area (Å²) in [6, 6.07) is 11.1. The molecule has 6 heteroatoms. The van der Waals surface area contributed by atoms with Gasteiger partial charge in [0.2, 0.25) is 0 Å². The first-order valence-electron chi connectivity index (χ1n) is 9.99. The van der Waals surface area contributed by atoms with Gasteiger partial charge in [0.05, 0.1) is 0 Å². The topological polar surface area (TPSA) is 71.1 Å². The summed E-state index contributed by atoms with van der Waals surface area (Å²) in [5.41, 5.74) is 0.605.